The standard InChI is InChI=1S/C16H23N3O.HI/c17-16(19-9-4-1-5-10-19)18-12-13-8-11-20-15-7-3-2-6-14(13)15;/h2-3,6-7,13H,1,4-5,8-12H2,(H2,17,18);1H. The van der Waals surface area contributed by atoms with Crippen LogP contribution in [0.2, 0.25) is 0 Å². The zero-order valence-corrected chi connectivity index (χ0v) is 14.7. The molecule has 1 unspecified atom stereocenters. The molecule has 1 aromatic carbocycles. The average molecular weight is 401 g/mol. The Morgan fingerprint density at radius 3 is 2.81 bits per heavy atom. The average Bonchev–Trinajstić information content (AvgIpc) is 2.53. The molecule has 1 aromatic rings. The number of halogens is 1. The predicted molar refractivity (Wildman–Crippen MR) is 96.6 cm³/mol. The molecule has 3 rings (SSSR count). The zero-order chi connectivity index (χ0) is 13.8. The van der Waals surface area contributed by atoms with E-state index in [9.17, 15) is 0 Å². The van der Waals surface area contributed by atoms with Crippen LogP contribution in [0.4, 0.5) is 0 Å². The summed E-state index contributed by atoms with van der Waals surface area (Å²) < 4.78 is 5.69. The minimum absolute atomic E-state index is 0. The molecule has 116 valence electrons. The fourth-order valence-corrected chi connectivity index (χ4v) is 3.03. The van der Waals surface area contributed by atoms with Crippen molar-refractivity contribution in [2.45, 2.75) is 31.6 Å². The molecule has 0 aromatic heterocycles. The highest BCUT2D eigenvalue weighted by molar-refractivity contribution is 14.0. The smallest absolute Gasteiger partial charge is 0.191 e. The molecule has 0 bridgehead atoms. The van der Waals surface area contributed by atoms with Crippen LogP contribution in [0.1, 0.15) is 37.2 Å². The maximum Gasteiger partial charge on any atom is 0.191 e. The number of guanidine groups is 1. The Kier molecular flexibility index (Phi) is 6.14. The Morgan fingerprint density at radius 1 is 1.24 bits per heavy atom. The third-order valence-electron chi connectivity index (χ3n) is 4.24. The Balaban J connectivity index is 0.00000161. The lowest BCUT2D eigenvalue weighted by molar-refractivity contribution is 0.268. The van der Waals surface area contributed by atoms with Crippen molar-refractivity contribution in [3.8, 4) is 5.75 Å². The molecule has 1 saturated heterocycles. The first-order valence-electron chi connectivity index (χ1n) is 7.61. The first-order chi connectivity index (χ1) is 9.84. The van der Waals surface area contributed by atoms with Crippen molar-refractivity contribution >= 4 is 29.9 Å². The fourth-order valence-electron chi connectivity index (χ4n) is 3.03. The van der Waals surface area contributed by atoms with E-state index in [1.54, 1.807) is 0 Å². The Hall–Kier alpha value is -0.980. The zero-order valence-electron chi connectivity index (χ0n) is 12.3. The maximum atomic E-state index is 6.13. The second-order valence-electron chi connectivity index (χ2n) is 5.62. The highest BCUT2D eigenvalue weighted by Crippen LogP contribution is 2.33. The minimum atomic E-state index is 0. The van der Waals surface area contributed by atoms with Crippen molar-refractivity contribution in [3.05, 3.63) is 29.8 Å². The van der Waals surface area contributed by atoms with Gasteiger partial charge in [0, 0.05) is 25.6 Å². The first kappa shape index (κ1) is 16.4. The highest BCUT2D eigenvalue weighted by Gasteiger charge is 2.21. The number of ether oxygens (including phenoxy) is 1. The number of para-hydroxylation sites is 1. The number of aliphatic imine (C=N–C) groups is 1. The van der Waals surface area contributed by atoms with Crippen LogP contribution in [0.3, 0.4) is 0 Å². The molecule has 2 aliphatic heterocycles. The lowest BCUT2D eigenvalue weighted by Gasteiger charge is -2.28. The second-order valence-corrected chi connectivity index (χ2v) is 5.62. The van der Waals surface area contributed by atoms with Gasteiger partial charge in [-0.2, -0.15) is 0 Å². The number of nitrogens with two attached hydrogens (primary N) is 1. The van der Waals surface area contributed by atoms with Gasteiger partial charge in [0.05, 0.1) is 6.61 Å². The molecule has 2 aliphatic rings. The van der Waals surface area contributed by atoms with E-state index in [1.807, 2.05) is 12.1 Å². The number of benzene rings is 1. The third-order valence-corrected chi connectivity index (χ3v) is 4.24. The van der Waals surface area contributed by atoms with Gasteiger partial charge in [-0.25, -0.2) is 0 Å². The van der Waals surface area contributed by atoms with Gasteiger partial charge in [0.1, 0.15) is 5.75 Å². The van der Waals surface area contributed by atoms with E-state index in [-0.39, 0.29) is 24.0 Å². The predicted octanol–water partition coefficient (Wildman–Crippen LogP) is 2.97. The van der Waals surface area contributed by atoms with Crippen molar-refractivity contribution in [3.63, 3.8) is 0 Å². The van der Waals surface area contributed by atoms with Crippen LogP contribution in [0, 0.1) is 0 Å². The van der Waals surface area contributed by atoms with Crippen molar-refractivity contribution < 1.29 is 4.74 Å². The van der Waals surface area contributed by atoms with Gasteiger partial charge < -0.3 is 15.4 Å². The van der Waals surface area contributed by atoms with Crippen molar-refractivity contribution in [2.75, 3.05) is 26.2 Å². The molecule has 5 heteroatoms. The molecular weight excluding hydrogens is 377 g/mol. The summed E-state index contributed by atoms with van der Waals surface area (Å²) in [6, 6.07) is 8.27. The molecule has 0 spiro atoms. The van der Waals surface area contributed by atoms with E-state index in [4.69, 9.17) is 10.5 Å². The Bertz CT molecular complexity index is 486. The Morgan fingerprint density at radius 2 is 2.00 bits per heavy atom. The van der Waals surface area contributed by atoms with Crippen molar-refractivity contribution in [2.24, 2.45) is 10.7 Å². The lowest BCUT2D eigenvalue weighted by Crippen LogP contribution is -2.41. The quantitative estimate of drug-likeness (QED) is 0.471. The minimum Gasteiger partial charge on any atom is -0.493 e. The molecule has 4 nitrogen and oxygen atoms in total. The highest BCUT2D eigenvalue weighted by atomic mass is 127. The number of piperidine rings is 1. The van der Waals surface area contributed by atoms with Crippen LogP contribution in [-0.2, 0) is 0 Å². The van der Waals surface area contributed by atoms with Gasteiger partial charge in [0.15, 0.2) is 5.96 Å². The maximum absolute atomic E-state index is 6.13. The number of rotatable bonds is 2. The summed E-state index contributed by atoms with van der Waals surface area (Å²) in [6.07, 6.45) is 4.80. The van der Waals surface area contributed by atoms with Gasteiger partial charge in [0.25, 0.3) is 0 Å². The van der Waals surface area contributed by atoms with Gasteiger partial charge in [-0.1, -0.05) is 18.2 Å². The van der Waals surface area contributed by atoms with E-state index < -0.39 is 0 Å². The summed E-state index contributed by atoms with van der Waals surface area (Å²) in [5.74, 6) is 2.16. The molecule has 1 atom stereocenters. The number of hydrogen-bond donors (Lipinski definition) is 1. The van der Waals surface area contributed by atoms with E-state index in [0.717, 1.165) is 38.4 Å². The van der Waals surface area contributed by atoms with Crippen LogP contribution < -0.4 is 10.5 Å². The molecule has 0 radical (unpaired) electrons. The number of nitrogens with zero attached hydrogens (tertiary/aromatic N) is 2. The van der Waals surface area contributed by atoms with Gasteiger partial charge in [-0.15, -0.1) is 24.0 Å². The largest absolute Gasteiger partial charge is 0.493 e. The van der Waals surface area contributed by atoms with Crippen molar-refractivity contribution in [1.82, 2.24) is 4.90 Å². The molecule has 0 aliphatic carbocycles. The van der Waals surface area contributed by atoms with Gasteiger partial charge in [-0.3, -0.25) is 4.99 Å². The molecule has 2 heterocycles. The van der Waals surface area contributed by atoms with Gasteiger partial charge in [0.2, 0.25) is 0 Å². The number of likely N-dealkylation sites (tertiary alicyclic amines) is 1. The summed E-state index contributed by atoms with van der Waals surface area (Å²) in [6.45, 7) is 3.66. The van der Waals surface area contributed by atoms with E-state index >= 15 is 0 Å². The Labute approximate surface area is 143 Å². The first-order valence-corrected chi connectivity index (χ1v) is 7.61. The van der Waals surface area contributed by atoms with Crippen LogP contribution in [-0.4, -0.2) is 37.1 Å². The normalized spacial score (nSPS) is 22.0. The molecule has 0 amide bonds. The van der Waals surface area contributed by atoms with Gasteiger partial charge in [-0.05, 0) is 37.3 Å². The van der Waals surface area contributed by atoms with Gasteiger partial charge >= 0.3 is 0 Å². The fraction of sp³-hybridized carbons (Fsp3) is 0.562. The van der Waals surface area contributed by atoms with Crippen LogP contribution >= 0.6 is 24.0 Å². The molecular formula is C16H24IN3O. The SMILES string of the molecule is I.NC(=NCC1CCOc2ccccc21)N1CCCCC1. The number of hydrogen-bond acceptors (Lipinski definition) is 2. The number of fused-ring (bicyclic) bond motifs is 1. The molecule has 1 fully saturated rings. The second kappa shape index (κ2) is 7.87. The van der Waals surface area contributed by atoms with Crippen LogP contribution in [0.5, 0.6) is 5.75 Å². The van der Waals surface area contributed by atoms with E-state index in [0.29, 0.717) is 11.9 Å². The third kappa shape index (κ3) is 4.02. The molecule has 2 N–H and O–H groups in total. The summed E-state index contributed by atoms with van der Waals surface area (Å²) in [5.41, 5.74) is 7.40. The van der Waals surface area contributed by atoms with E-state index in [1.165, 1.54) is 24.8 Å². The summed E-state index contributed by atoms with van der Waals surface area (Å²) in [5, 5.41) is 0. The van der Waals surface area contributed by atoms with Crippen LogP contribution in [0.25, 0.3) is 0 Å². The monoisotopic (exact) mass is 401 g/mol. The summed E-state index contributed by atoms with van der Waals surface area (Å²) in [7, 11) is 0. The molecule has 0 saturated carbocycles. The van der Waals surface area contributed by atoms with E-state index in [2.05, 4.69) is 22.0 Å². The van der Waals surface area contributed by atoms with Crippen molar-refractivity contribution in [1.29, 1.82) is 0 Å². The molecule has 21 heavy (non-hydrogen) atoms. The van der Waals surface area contributed by atoms with Crippen LogP contribution in [0.15, 0.2) is 29.3 Å². The lowest BCUT2D eigenvalue weighted by atomic mass is 9.93. The summed E-state index contributed by atoms with van der Waals surface area (Å²) in [4.78, 5) is 6.85. The summed E-state index contributed by atoms with van der Waals surface area (Å²) >= 11 is 0. The topological polar surface area (TPSA) is 50.9 Å².